The molecule has 0 aliphatic rings. The monoisotopic (exact) mass is 344 g/mol. The van der Waals surface area contributed by atoms with Crippen LogP contribution in [0.4, 0.5) is 13.2 Å². The SMILES string of the molecule is CCOc1ccc(C(Cl)CCC(F)(F)F)cc1Br. The lowest BCUT2D eigenvalue weighted by Gasteiger charge is -2.13. The molecule has 1 aromatic rings. The third-order valence-corrected chi connectivity index (χ3v) is 3.39. The predicted molar refractivity (Wildman–Crippen MR) is 69.2 cm³/mol. The average Bonchev–Trinajstić information content (AvgIpc) is 2.28. The zero-order valence-corrected chi connectivity index (χ0v) is 12.1. The minimum Gasteiger partial charge on any atom is -0.493 e. The van der Waals surface area contributed by atoms with Crippen molar-refractivity contribution in [1.29, 1.82) is 0 Å². The third kappa shape index (κ3) is 5.06. The van der Waals surface area contributed by atoms with Gasteiger partial charge in [-0.2, -0.15) is 13.2 Å². The highest BCUT2D eigenvalue weighted by molar-refractivity contribution is 9.10. The molecule has 102 valence electrons. The Hall–Kier alpha value is -0.420. The summed E-state index contributed by atoms with van der Waals surface area (Å²) in [5.74, 6) is 0.654. The fourth-order valence-corrected chi connectivity index (χ4v) is 2.20. The highest BCUT2D eigenvalue weighted by atomic mass is 79.9. The second kappa shape index (κ2) is 6.66. The second-order valence-electron chi connectivity index (χ2n) is 3.74. The van der Waals surface area contributed by atoms with E-state index >= 15 is 0 Å². The van der Waals surface area contributed by atoms with E-state index in [1.807, 2.05) is 6.92 Å². The maximum absolute atomic E-state index is 12.1. The minimum absolute atomic E-state index is 0.133. The van der Waals surface area contributed by atoms with Gasteiger partial charge in [-0.15, -0.1) is 11.6 Å². The number of hydrogen-bond donors (Lipinski definition) is 0. The zero-order chi connectivity index (χ0) is 13.8. The van der Waals surface area contributed by atoms with E-state index < -0.39 is 18.0 Å². The number of ether oxygens (including phenoxy) is 1. The normalized spacial score (nSPS) is 13.4. The van der Waals surface area contributed by atoms with Crippen molar-refractivity contribution in [3.8, 4) is 5.75 Å². The van der Waals surface area contributed by atoms with E-state index in [9.17, 15) is 13.2 Å². The van der Waals surface area contributed by atoms with Crippen molar-refractivity contribution in [2.45, 2.75) is 31.3 Å². The van der Waals surface area contributed by atoms with Crippen LogP contribution in [0.1, 0.15) is 30.7 Å². The van der Waals surface area contributed by atoms with Crippen LogP contribution in [0.25, 0.3) is 0 Å². The van der Waals surface area contributed by atoms with Gasteiger partial charge in [0.05, 0.1) is 16.5 Å². The predicted octanol–water partition coefficient (Wildman–Crippen LogP) is 5.47. The Bertz CT molecular complexity index is 395. The smallest absolute Gasteiger partial charge is 0.389 e. The first-order valence-electron chi connectivity index (χ1n) is 5.46. The molecule has 0 aromatic heterocycles. The first-order chi connectivity index (χ1) is 8.33. The van der Waals surface area contributed by atoms with Gasteiger partial charge in [0, 0.05) is 6.42 Å². The molecular formula is C12H13BrClF3O. The van der Waals surface area contributed by atoms with Gasteiger partial charge in [0.1, 0.15) is 5.75 Å². The lowest BCUT2D eigenvalue weighted by molar-refractivity contribution is -0.135. The number of alkyl halides is 4. The summed E-state index contributed by atoms with van der Waals surface area (Å²) in [6.07, 6.45) is -5.19. The van der Waals surface area contributed by atoms with Crippen LogP contribution in [0.2, 0.25) is 0 Å². The highest BCUT2D eigenvalue weighted by Crippen LogP contribution is 2.35. The van der Waals surface area contributed by atoms with Crippen molar-refractivity contribution < 1.29 is 17.9 Å². The van der Waals surface area contributed by atoms with Crippen molar-refractivity contribution in [2.24, 2.45) is 0 Å². The van der Waals surface area contributed by atoms with E-state index in [-0.39, 0.29) is 6.42 Å². The van der Waals surface area contributed by atoms with Gasteiger partial charge in [-0.3, -0.25) is 0 Å². The van der Waals surface area contributed by atoms with Gasteiger partial charge in [-0.25, -0.2) is 0 Å². The maximum Gasteiger partial charge on any atom is 0.389 e. The number of halogens is 5. The third-order valence-electron chi connectivity index (χ3n) is 2.30. The Morgan fingerprint density at radius 3 is 2.56 bits per heavy atom. The summed E-state index contributed by atoms with van der Waals surface area (Å²) < 4.78 is 42.3. The van der Waals surface area contributed by atoms with Crippen molar-refractivity contribution >= 4 is 27.5 Å². The lowest BCUT2D eigenvalue weighted by Crippen LogP contribution is -2.08. The van der Waals surface area contributed by atoms with Crippen LogP contribution in [-0.4, -0.2) is 12.8 Å². The van der Waals surface area contributed by atoms with E-state index in [0.717, 1.165) is 0 Å². The van der Waals surface area contributed by atoms with Crippen molar-refractivity contribution in [2.75, 3.05) is 6.61 Å². The van der Waals surface area contributed by atoms with Gasteiger partial charge >= 0.3 is 6.18 Å². The minimum atomic E-state index is -4.17. The van der Waals surface area contributed by atoms with Crippen molar-refractivity contribution in [3.63, 3.8) is 0 Å². The van der Waals surface area contributed by atoms with E-state index in [0.29, 0.717) is 22.4 Å². The molecule has 1 nitrogen and oxygen atoms in total. The number of rotatable bonds is 5. The van der Waals surface area contributed by atoms with Crippen LogP contribution in [0.5, 0.6) is 5.75 Å². The van der Waals surface area contributed by atoms with Crippen molar-refractivity contribution in [1.82, 2.24) is 0 Å². The molecule has 0 heterocycles. The molecule has 0 aliphatic heterocycles. The summed E-state index contributed by atoms with van der Waals surface area (Å²) in [5, 5.41) is -0.654. The fourth-order valence-electron chi connectivity index (χ4n) is 1.44. The van der Waals surface area contributed by atoms with Crippen LogP contribution in [0.15, 0.2) is 22.7 Å². The van der Waals surface area contributed by atoms with Crippen LogP contribution in [-0.2, 0) is 0 Å². The molecule has 0 aliphatic carbocycles. The summed E-state index contributed by atoms with van der Waals surface area (Å²) in [7, 11) is 0. The van der Waals surface area contributed by atoms with E-state index in [1.54, 1.807) is 18.2 Å². The molecule has 0 amide bonds. The van der Waals surface area contributed by atoms with Gasteiger partial charge in [0.25, 0.3) is 0 Å². The molecule has 0 bridgehead atoms. The van der Waals surface area contributed by atoms with Gasteiger partial charge < -0.3 is 4.74 Å². The topological polar surface area (TPSA) is 9.23 Å². The lowest BCUT2D eigenvalue weighted by atomic mass is 10.1. The molecule has 1 rings (SSSR count). The van der Waals surface area contributed by atoms with Crippen molar-refractivity contribution in [3.05, 3.63) is 28.2 Å². The molecule has 0 saturated heterocycles. The van der Waals surface area contributed by atoms with Gasteiger partial charge in [0.15, 0.2) is 0 Å². The van der Waals surface area contributed by atoms with Gasteiger partial charge in [-0.1, -0.05) is 6.07 Å². The van der Waals surface area contributed by atoms with E-state index in [4.69, 9.17) is 16.3 Å². The highest BCUT2D eigenvalue weighted by Gasteiger charge is 2.28. The molecule has 0 spiro atoms. The summed E-state index contributed by atoms with van der Waals surface area (Å²) in [5.41, 5.74) is 0.649. The van der Waals surface area contributed by atoms with Crippen LogP contribution in [0.3, 0.4) is 0 Å². The van der Waals surface area contributed by atoms with Crippen LogP contribution < -0.4 is 4.74 Å². The quantitative estimate of drug-likeness (QED) is 0.643. The number of benzene rings is 1. The molecule has 18 heavy (non-hydrogen) atoms. The average molecular weight is 346 g/mol. The van der Waals surface area contributed by atoms with Crippen LogP contribution in [0, 0.1) is 0 Å². The largest absolute Gasteiger partial charge is 0.493 e. The van der Waals surface area contributed by atoms with Gasteiger partial charge in [0.2, 0.25) is 0 Å². The molecule has 6 heteroatoms. The second-order valence-corrected chi connectivity index (χ2v) is 5.13. The van der Waals surface area contributed by atoms with Crippen LogP contribution >= 0.6 is 27.5 Å². The Morgan fingerprint density at radius 1 is 1.39 bits per heavy atom. The molecule has 1 unspecified atom stereocenters. The molecular weight excluding hydrogens is 332 g/mol. The summed E-state index contributed by atoms with van der Waals surface area (Å²) in [6.45, 7) is 2.38. The Balaban J connectivity index is 2.69. The molecule has 0 radical (unpaired) electrons. The Kier molecular flexibility index (Phi) is 5.79. The first-order valence-corrected chi connectivity index (χ1v) is 6.69. The van der Waals surface area contributed by atoms with E-state index in [2.05, 4.69) is 15.9 Å². The Labute approximate surface area is 117 Å². The fraction of sp³-hybridized carbons (Fsp3) is 0.500. The standard InChI is InChI=1S/C12H13BrClF3O/c1-2-18-11-4-3-8(7-9(11)13)10(14)5-6-12(15,16)17/h3-4,7,10H,2,5-6H2,1H3. The summed E-state index contributed by atoms with van der Waals surface area (Å²) >= 11 is 9.25. The molecule has 0 N–H and O–H groups in total. The molecule has 0 fully saturated rings. The zero-order valence-electron chi connectivity index (χ0n) is 9.73. The Morgan fingerprint density at radius 2 is 2.06 bits per heavy atom. The number of hydrogen-bond acceptors (Lipinski definition) is 1. The molecule has 0 saturated carbocycles. The summed E-state index contributed by atoms with van der Waals surface area (Å²) in [4.78, 5) is 0. The molecule has 1 atom stereocenters. The maximum atomic E-state index is 12.1. The van der Waals surface area contributed by atoms with E-state index in [1.165, 1.54) is 0 Å². The summed E-state index contributed by atoms with van der Waals surface area (Å²) in [6, 6.07) is 5.08. The first kappa shape index (κ1) is 15.6. The van der Waals surface area contributed by atoms with Gasteiger partial charge in [-0.05, 0) is 47.0 Å². The molecule has 1 aromatic carbocycles.